The van der Waals surface area contributed by atoms with Crippen molar-refractivity contribution < 1.29 is 22.7 Å². The van der Waals surface area contributed by atoms with Crippen LogP contribution in [-0.2, 0) is 14.6 Å². The van der Waals surface area contributed by atoms with E-state index in [2.05, 4.69) is 0 Å². The van der Waals surface area contributed by atoms with E-state index in [0.29, 0.717) is 37.8 Å². The summed E-state index contributed by atoms with van der Waals surface area (Å²) in [4.78, 5) is 13.9. The summed E-state index contributed by atoms with van der Waals surface area (Å²) >= 11 is 0. The maximum atomic E-state index is 12.5. The van der Waals surface area contributed by atoms with Crippen LogP contribution >= 0.6 is 0 Å². The zero-order valence-corrected chi connectivity index (χ0v) is 14.3. The summed E-state index contributed by atoms with van der Waals surface area (Å²) in [7, 11) is -3.56. The molecule has 1 aromatic carbocycles. The Morgan fingerprint density at radius 2 is 2.00 bits per heavy atom. The third-order valence-electron chi connectivity index (χ3n) is 4.24. The molecule has 24 heavy (non-hydrogen) atoms. The first kappa shape index (κ1) is 17.0. The molecule has 2 aliphatic rings. The fraction of sp³-hybridized carbons (Fsp3) is 0.562. The molecule has 1 atom stereocenters. The molecule has 2 heterocycles. The second-order valence-corrected chi connectivity index (χ2v) is 8.23. The highest BCUT2D eigenvalue weighted by atomic mass is 32.2. The molecule has 1 aromatic rings. The number of sulfone groups is 1. The van der Waals surface area contributed by atoms with Crippen LogP contribution in [0.25, 0.3) is 0 Å². The second-order valence-electron chi connectivity index (χ2n) is 6.12. The number of hydrogen-bond donors (Lipinski definition) is 1. The summed E-state index contributed by atoms with van der Waals surface area (Å²) in [6.07, 6.45) is 1.48. The Bertz CT molecular complexity index is 719. The molecule has 2 N–H and O–H groups in total. The van der Waals surface area contributed by atoms with E-state index in [1.807, 2.05) is 0 Å². The van der Waals surface area contributed by atoms with Crippen molar-refractivity contribution in [2.24, 2.45) is 5.73 Å². The van der Waals surface area contributed by atoms with E-state index in [0.717, 1.165) is 12.8 Å². The lowest BCUT2D eigenvalue weighted by Crippen LogP contribution is -2.32. The molecule has 1 saturated heterocycles. The summed E-state index contributed by atoms with van der Waals surface area (Å²) in [5.41, 5.74) is 5.78. The highest BCUT2D eigenvalue weighted by Gasteiger charge is 2.26. The average Bonchev–Trinajstić information content (AvgIpc) is 2.86. The van der Waals surface area contributed by atoms with Gasteiger partial charge in [-0.15, -0.1) is 0 Å². The van der Waals surface area contributed by atoms with Crippen molar-refractivity contribution in [1.82, 2.24) is 4.90 Å². The standard InChI is InChI=1S/C16H22N2O5S/c17-12-4-6-18(11-12)16(19)5-9-24(20,21)13-2-3-14-15(10-13)23-8-1-7-22-14/h2-3,10,12H,1,4-9,11,17H2/t12-/m0/s1. The van der Waals surface area contributed by atoms with Gasteiger partial charge in [0.2, 0.25) is 5.91 Å². The van der Waals surface area contributed by atoms with Crippen molar-refractivity contribution in [1.29, 1.82) is 0 Å². The summed E-state index contributed by atoms with van der Waals surface area (Å²) < 4.78 is 36.0. The van der Waals surface area contributed by atoms with E-state index in [4.69, 9.17) is 15.2 Å². The van der Waals surface area contributed by atoms with E-state index < -0.39 is 9.84 Å². The molecule has 0 unspecified atom stereocenters. The van der Waals surface area contributed by atoms with Crippen LogP contribution < -0.4 is 15.2 Å². The fourth-order valence-corrected chi connectivity index (χ4v) is 4.09. The molecule has 0 bridgehead atoms. The Hall–Kier alpha value is -1.80. The summed E-state index contributed by atoms with van der Waals surface area (Å²) in [6, 6.07) is 4.58. The highest BCUT2D eigenvalue weighted by molar-refractivity contribution is 7.91. The summed E-state index contributed by atoms with van der Waals surface area (Å²) in [6.45, 7) is 2.14. The van der Waals surface area contributed by atoms with Gasteiger partial charge in [-0.25, -0.2) is 8.42 Å². The lowest BCUT2D eigenvalue weighted by molar-refractivity contribution is -0.129. The minimum Gasteiger partial charge on any atom is -0.490 e. The van der Waals surface area contributed by atoms with E-state index in [9.17, 15) is 13.2 Å². The van der Waals surface area contributed by atoms with Gasteiger partial charge in [0.05, 0.1) is 23.9 Å². The van der Waals surface area contributed by atoms with Gasteiger partial charge >= 0.3 is 0 Å². The molecule has 8 heteroatoms. The van der Waals surface area contributed by atoms with Gasteiger partial charge in [-0.1, -0.05) is 0 Å². The molecule has 0 saturated carbocycles. The van der Waals surface area contributed by atoms with Crippen LogP contribution in [-0.4, -0.2) is 57.3 Å². The molecule has 1 amide bonds. The van der Waals surface area contributed by atoms with Crippen molar-refractivity contribution >= 4 is 15.7 Å². The average molecular weight is 354 g/mol. The van der Waals surface area contributed by atoms with Gasteiger partial charge < -0.3 is 20.1 Å². The van der Waals surface area contributed by atoms with Crippen molar-refractivity contribution in [2.75, 3.05) is 32.1 Å². The third-order valence-corrected chi connectivity index (χ3v) is 5.95. The highest BCUT2D eigenvalue weighted by Crippen LogP contribution is 2.32. The van der Waals surface area contributed by atoms with Gasteiger partial charge in [0.15, 0.2) is 21.3 Å². The number of fused-ring (bicyclic) bond motifs is 1. The van der Waals surface area contributed by atoms with Crippen molar-refractivity contribution in [3.63, 3.8) is 0 Å². The minimum absolute atomic E-state index is 0.00714. The first-order valence-electron chi connectivity index (χ1n) is 8.11. The van der Waals surface area contributed by atoms with Crippen molar-refractivity contribution in [3.8, 4) is 11.5 Å². The molecular formula is C16H22N2O5S. The molecule has 7 nitrogen and oxygen atoms in total. The lowest BCUT2D eigenvalue weighted by Gasteiger charge is -2.16. The van der Waals surface area contributed by atoms with E-state index in [1.54, 1.807) is 11.0 Å². The Morgan fingerprint density at radius 3 is 2.71 bits per heavy atom. The number of rotatable bonds is 4. The van der Waals surface area contributed by atoms with Crippen LogP contribution in [0.1, 0.15) is 19.3 Å². The summed E-state index contributed by atoms with van der Waals surface area (Å²) in [5.74, 6) is 0.594. The number of nitrogens with zero attached hydrogens (tertiary/aromatic N) is 1. The van der Waals surface area contributed by atoms with E-state index in [1.165, 1.54) is 12.1 Å². The zero-order chi connectivity index (χ0) is 17.2. The molecule has 0 radical (unpaired) electrons. The minimum atomic E-state index is -3.56. The molecule has 0 spiro atoms. The quantitative estimate of drug-likeness (QED) is 0.849. The molecule has 0 aliphatic carbocycles. The van der Waals surface area contributed by atoms with Crippen molar-refractivity contribution in [2.45, 2.75) is 30.2 Å². The smallest absolute Gasteiger partial charge is 0.223 e. The van der Waals surface area contributed by atoms with Gasteiger partial charge in [0, 0.05) is 38.0 Å². The maximum absolute atomic E-state index is 12.5. The first-order chi connectivity index (χ1) is 11.5. The normalized spacial score (nSPS) is 20.7. The van der Waals surface area contributed by atoms with Crippen molar-refractivity contribution in [3.05, 3.63) is 18.2 Å². The van der Waals surface area contributed by atoms with Gasteiger partial charge in [-0.05, 0) is 18.6 Å². The number of amides is 1. The molecule has 3 rings (SSSR count). The zero-order valence-electron chi connectivity index (χ0n) is 13.4. The van der Waals surface area contributed by atoms with Gasteiger partial charge in [0.25, 0.3) is 0 Å². The third kappa shape index (κ3) is 3.81. The second kappa shape index (κ2) is 6.98. The first-order valence-corrected chi connectivity index (χ1v) is 9.77. The van der Waals surface area contributed by atoms with Crippen LogP contribution in [0.15, 0.2) is 23.1 Å². The van der Waals surface area contributed by atoms with Crippen LogP contribution in [0.4, 0.5) is 0 Å². The molecule has 0 aromatic heterocycles. The number of hydrogen-bond acceptors (Lipinski definition) is 6. The predicted octanol–water partition coefficient (Wildman–Crippen LogP) is 0.571. The maximum Gasteiger partial charge on any atom is 0.223 e. The number of carbonyl (C=O) groups is 1. The largest absolute Gasteiger partial charge is 0.490 e. The number of benzene rings is 1. The number of carbonyl (C=O) groups excluding carboxylic acids is 1. The monoisotopic (exact) mass is 354 g/mol. The predicted molar refractivity (Wildman–Crippen MR) is 87.9 cm³/mol. The number of ether oxygens (including phenoxy) is 2. The lowest BCUT2D eigenvalue weighted by atomic mass is 10.3. The SMILES string of the molecule is N[C@H]1CCN(C(=O)CCS(=O)(=O)c2ccc3c(c2)OCCCO3)C1. The number of likely N-dealkylation sites (tertiary alicyclic amines) is 1. The van der Waals surface area contributed by atoms with Crippen LogP contribution in [0.5, 0.6) is 11.5 Å². The van der Waals surface area contributed by atoms with E-state index >= 15 is 0 Å². The van der Waals surface area contributed by atoms with Gasteiger partial charge in [-0.3, -0.25) is 4.79 Å². The Morgan fingerprint density at radius 1 is 1.25 bits per heavy atom. The summed E-state index contributed by atoms with van der Waals surface area (Å²) in [5, 5.41) is 0. The molecular weight excluding hydrogens is 332 g/mol. The van der Waals surface area contributed by atoms with Crippen LogP contribution in [0.2, 0.25) is 0 Å². The van der Waals surface area contributed by atoms with Gasteiger partial charge in [-0.2, -0.15) is 0 Å². The molecule has 1 fully saturated rings. The number of nitrogens with two attached hydrogens (primary N) is 1. The fourth-order valence-electron chi connectivity index (χ4n) is 2.85. The Balaban J connectivity index is 1.67. The van der Waals surface area contributed by atoms with E-state index in [-0.39, 0.29) is 29.0 Å². The topological polar surface area (TPSA) is 98.9 Å². The Kier molecular flexibility index (Phi) is 4.96. The van der Waals surface area contributed by atoms with Crippen LogP contribution in [0.3, 0.4) is 0 Å². The van der Waals surface area contributed by atoms with Gasteiger partial charge in [0.1, 0.15) is 0 Å². The molecule has 2 aliphatic heterocycles. The van der Waals surface area contributed by atoms with Crippen LogP contribution in [0, 0.1) is 0 Å². The Labute approximate surface area is 141 Å². The molecule has 132 valence electrons.